The minimum Gasteiger partial charge on any atom is -0.348 e. The van der Waals surface area contributed by atoms with Crippen molar-refractivity contribution in [1.82, 2.24) is 9.72 Å². The third kappa shape index (κ3) is 5.31. The van der Waals surface area contributed by atoms with Crippen molar-refractivity contribution in [3.8, 4) is 11.1 Å². The molecular weight excluding hydrogens is 484 g/mol. The van der Waals surface area contributed by atoms with Crippen molar-refractivity contribution in [2.45, 2.75) is 35.4 Å². The summed E-state index contributed by atoms with van der Waals surface area (Å²) in [4.78, 5) is 13.2. The first-order valence-electron chi connectivity index (χ1n) is 11.0. The van der Waals surface area contributed by atoms with Crippen molar-refractivity contribution in [3.05, 3.63) is 90.3 Å². The topological polar surface area (TPSA) is 102 Å². The molecule has 0 atom stereocenters. The minimum atomic E-state index is -3.33. The van der Waals surface area contributed by atoms with Gasteiger partial charge < -0.3 is 9.72 Å². The number of carbonyl (C=O) groups is 1. The number of pyridine rings is 1. The Morgan fingerprint density at radius 2 is 1.43 bits per heavy atom. The fourth-order valence-electron chi connectivity index (χ4n) is 3.65. The van der Waals surface area contributed by atoms with Gasteiger partial charge in [-0.15, -0.1) is 0 Å². The Morgan fingerprint density at radius 1 is 0.829 bits per heavy atom. The van der Waals surface area contributed by atoms with Crippen LogP contribution in [0.5, 0.6) is 0 Å². The maximum Gasteiger partial charge on any atom is 0.253 e. The molecule has 0 bridgehead atoms. The van der Waals surface area contributed by atoms with E-state index in [-0.39, 0.29) is 17.3 Å². The van der Waals surface area contributed by atoms with Gasteiger partial charge in [0.15, 0.2) is 19.7 Å². The lowest BCUT2D eigenvalue weighted by Gasteiger charge is -2.09. The van der Waals surface area contributed by atoms with Gasteiger partial charge in [0.25, 0.3) is 5.91 Å². The molecular formula is C26H26N2O5S2. The van der Waals surface area contributed by atoms with E-state index in [1.807, 2.05) is 22.7 Å². The Balaban J connectivity index is 1.49. The zero-order valence-corrected chi connectivity index (χ0v) is 21.2. The fraction of sp³-hybridized carbons (Fsp3) is 0.192. The third-order valence-corrected chi connectivity index (χ3v) is 9.09. The van der Waals surface area contributed by atoms with Crippen molar-refractivity contribution in [1.29, 1.82) is 0 Å². The molecule has 9 heteroatoms. The van der Waals surface area contributed by atoms with Crippen LogP contribution < -0.4 is 5.32 Å². The zero-order valence-electron chi connectivity index (χ0n) is 19.6. The van der Waals surface area contributed by atoms with Gasteiger partial charge in [-0.05, 0) is 66.9 Å². The van der Waals surface area contributed by atoms with Crippen LogP contribution >= 0.6 is 0 Å². The normalized spacial score (nSPS) is 12.2. The Kier molecular flexibility index (Phi) is 6.57. The van der Waals surface area contributed by atoms with Crippen molar-refractivity contribution in [2.24, 2.45) is 0 Å². The van der Waals surface area contributed by atoms with E-state index < -0.39 is 24.9 Å². The summed E-state index contributed by atoms with van der Waals surface area (Å²) < 4.78 is 49.7. The van der Waals surface area contributed by atoms with Gasteiger partial charge in [0, 0.05) is 30.7 Å². The maximum absolute atomic E-state index is 12.7. The molecule has 2 aromatic heterocycles. The first-order chi connectivity index (χ1) is 16.4. The molecule has 0 saturated heterocycles. The summed E-state index contributed by atoms with van der Waals surface area (Å²) >= 11 is 0. The molecule has 0 radical (unpaired) electrons. The van der Waals surface area contributed by atoms with E-state index >= 15 is 0 Å². The molecule has 0 saturated carbocycles. The summed E-state index contributed by atoms with van der Waals surface area (Å²) in [5.41, 5.74) is 3.88. The fourth-order valence-corrected chi connectivity index (χ4v) is 5.34. The predicted octanol–water partition coefficient (Wildman–Crippen LogP) is 4.12. The monoisotopic (exact) mass is 510 g/mol. The first kappa shape index (κ1) is 24.7. The van der Waals surface area contributed by atoms with Crippen LogP contribution in [0.25, 0.3) is 16.6 Å². The molecule has 1 amide bonds. The molecule has 2 heterocycles. The highest BCUT2D eigenvalue weighted by molar-refractivity contribution is 7.92. The first-order valence-corrected chi connectivity index (χ1v) is 14.4. The molecule has 7 nitrogen and oxygen atoms in total. The Bertz CT molecular complexity index is 1600. The second-order valence-corrected chi connectivity index (χ2v) is 13.2. The standard InChI is InChI=1S/C26H26N2O5S2/c1-18(2)35(32,33)25-12-7-20(8-13-25)21-6-9-23-14-22(17-28(23)16-21)26(29)27-15-19-4-10-24(11-5-19)34(3,30)31/h4-14,16-18H,15H2,1-3H3,(H,27,29). The summed E-state index contributed by atoms with van der Waals surface area (Å²) in [6, 6.07) is 18.8. The van der Waals surface area contributed by atoms with E-state index in [4.69, 9.17) is 0 Å². The van der Waals surface area contributed by atoms with Crippen LogP contribution in [0.4, 0.5) is 0 Å². The average molecular weight is 511 g/mol. The molecule has 4 aromatic rings. The molecule has 0 fully saturated rings. The largest absolute Gasteiger partial charge is 0.348 e. The quantitative estimate of drug-likeness (QED) is 0.403. The van der Waals surface area contributed by atoms with Gasteiger partial charge in [0.2, 0.25) is 0 Å². The van der Waals surface area contributed by atoms with Gasteiger partial charge in [0.05, 0.1) is 20.6 Å². The lowest BCUT2D eigenvalue weighted by atomic mass is 10.1. The van der Waals surface area contributed by atoms with E-state index in [2.05, 4.69) is 5.32 Å². The zero-order chi connectivity index (χ0) is 25.4. The highest BCUT2D eigenvalue weighted by Crippen LogP contribution is 2.24. The number of amides is 1. The molecule has 0 spiro atoms. The van der Waals surface area contributed by atoms with Crippen LogP contribution in [0.2, 0.25) is 0 Å². The number of carbonyl (C=O) groups excluding carboxylic acids is 1. The Morgan fingerprint density at radius 3 is 2.03 bits per heavy atom. The second kappa shape index (κ2) is 9.31. The number of fused-ring (bicyclic) bond motifs is 1. The average Bonchev–Trinajstić information content (AvgIpc) is 3.26. The predicted molar refractivity (Wildman–Crippen MR) is 136 cm³/mol. The van der Waals surface area contributed by atoms with Gasteiger partial charge in [0.1, 0.15) is 0 Å². The van der Waals surface area contributed by atoms with Crippen molar-refractivity contribution in [2.75, 3.05) is 6.26 Å². The van der Waals surface area contributed by atoms with E-state index in [1.165, 1.54) is 12.1 Å². The van der Waals surface area contributed by atoms with Crippen LogP contribution in [0.15, 0.2) is 88.9 Å². The van der Waals surface area contributed by atoms with Crippen LogP contribution in [-0.4, -0.2) is 38.6 Å². The molecule has 182 valence electrons. The maximum atomic E-state index is 12.7. The van der Waals surface area contributed by atoms with Crippen molar-refractivity contribution in [3.63, 3.8) is 0 Å². The summed E-state index contributed by atoms with van der Waals surface area (Å²) in [5.74, 6) is -0.245. The van der Waals surface area contributed by atoms with Crippen LogP contribution in [0.1, 0.15) is 29.8 Å². The summed E-state index contributed by atoms with van der Waals surface area (Å²) in [6.07, 6.45) is 4.78. The number of rotatable bonds is 7. The van der Waals surface area contributed by atoms with Gasteiger partial charge >= 0.3 is 0 Å². The third-order valence-electron chi connectivity index (χ3n) is 5.80. The van der Waals surface area contributed by atoms with Gasteiger partial charge in [-0.2, -0.15) is 0 Å². The Labute approximate surface area is 205 Å². The number of benzene rings is 2. The van der Waals surface area contributed by atoms with Gasteiger partial charge in [-0.1, -0.05) is 30.3 Å². The molecule has 1 N–H and O–H groups in total. The number of nitrogens with one attached hydrogen (secondary N) is 1. The second-order valence-electron chi connectivity index (χ2n) is 8.70. The highest BCUT2D eigenvalue weighted by Gasteiger charge is 2.19. The molecule has 0 aliphatic heterocycles. The summed E-state index contributed by atoms with van der Waals surface area (Å²) in [6.45, 7) is 3.59. The lowest BCUT2D eigenvalue weighted by molar-refractivity contribution is 0.0951. The number of hydrogen-bond acceptors (Lipinski definition) is 5. The molecule has 4 rings (SSSR count). The summed E-state index contributed by atoms with van der Waals surface area (Å²) in [5, 5.41) is 2.37. The molecule has 0 aliphatic rings. The number of aromatic nitrogens is 1. The smallest absolute Gasteiger partial charge is 0.253 e. The molecule has 0 aliphatic carbocycles. The van der Waals surface area contributed by atoms with Gasteiger partial charge in [-0.3, -0.25) is 4.79 Å². The van der Waals surface area contributed by atoms with Crippen LogP contribution in [0.3, 0.4) is 0 Å². The van der Waals surface area contributed by atoms with Gasteiger partial charge in [-0.25, -0.2) is 16.8 Å². The summed E-state index contributed by atoms with van der Waals surface area (Å²) in [7, 11) is -6.59. The van der Waals surface area contributed by atoms with Crippen molar-refractivity contribution >= 4 is 31.1 Å². The van der Waals surface area contributed by atoms with E-state index in [9.17, 15) is 21.6 Å². The van der Waals surface area contributed by atoms with E-state index in [0.717, 1.165) is 28.5 Å². The van der Waals surface area contributed by atoms with E-state index in [1.54, 1.807) is 62.5 Å². The molecule has 2 aromatic carbocycles. The Hall–Kier alpha value is -3.43. The highest BCUT2D eigenvalue weighted by atomic mass is 32.2. The van der Waals surface area contributed by atoms with Crippen LogP contribution in [0, 0.1) is 0 Å². The SMILES string of the molecule is CC(C)S(=O)(=O)c1ccc(-c2ccc3cc(C(=O)NCc4ccc(S(C)(=O)=O)cc4)cn3c2)cc1. The molecule has 35 heavy (non-hydrogen) atoms. The lowest BCUT2D eigenvalue weighted by Crippen LogP contribution is -2.22. The number of sulfone groups is 2. The minimum absolute atomic E-state index is 0.234. The van der Waals surface area contributed by atoms with E-state index in [0.29, 0.717) is 10.5 Å². The number of hydrogen-bond donors (Lipinski definition) is 1. The number of nitrogens with zero attached hydrogens (tertiary/aromatic N) is 1. The van der Waals surface area contributed by atoms with Crippen molar-refractivity contribution < 1.29 is 21.6 Å². The van der Waals surface area contributed by atoms with Crippen LogP contribution in [-0.2, 0) is 26.2 Å². The molecule has 0 unspecified atom stereocenters.